The van der Waals surface area contributed by atoms with Gasteiger partial charge in [0.15, 0.2) is 0 Å². The third-order valence-corrected chi connectivity index (χ3v) is 7.35. The molecule has 0 saturated heterocycles. The summed E-state index contributed by atoms with van der Waals surface area (Å²) in [5.41, 5.74) is 2.57. The highest BCUT2D eigenvalue weighted by molar-refractivity contribution is 9.10. The van der Waals surface area contributed by atoms with Crippen LogP contribution in [0, 0.1) is 0 Å². The van der Waals surface area contributed by atoms with Crippen LogP contribution in [-0.4, -0.2) is 15.9 Å². The lowest BCUT2D eigenvalue weighted by atomic mass is 9.88. The van der Waals surface area contributed by atoms with Gasteiger partial charge in [0.05, 0.1) is 17.1 Å². The predicted molar refractivity (Wildman–Crippen MR) is 147 cm³/mol. The van der Waals surface area contributed by atoms with Crippen molar-refractivity contribution >= 4 is 49.0 Å². The molecule has 0 unspecified atom stereocenters. The van der Waals surface area contributed by atoms with Gasteiger partial charge in [-0.05, 0) is 78.6 Å². The first kappa shape index (κ1) is 23.9. The van der Waals surface area contributed by atoms with E-state index < -0.39 is 0 Å². The average Bonchev–Trinajstić information content (AvgIpc) is 2.89. The molecule has 35 heavy (non-hydrogen) atoms. The zero-order chi connectivity index (χ0) is 24.2. The van der Waals surface area contributed by atoms with Crippen LogP contribution in [0.1, 0.15) is 55.0 Å². The minimum Gasteiger partial charge on any atom is -0.489 e. The number of nitrogens with zero attached hydrogens (tertiary/aromatic N) is 3. The van der Waals surface area contributed by atoms with Crippen LogP contribution in [0.5, 0.6) is 5.75 Å². The summed E-state index contributed by atoms with van der Waals surface area (Å²) >= 11 is 6.92. The maximum absolute atomic E-state index is 13.4. The number of hydrogen-bond donors (Lipinski definition) is 0. The molecule has 1 saturated carbocycles. The van der Waals surface area contributed by atoms with Crippen LogP contribution in [0.4, 0.5) is 0 Å². The molecule has 0 radical (unpaired) electrons. The average molecular weight is 595 g/mol. The highest BCUT2D eigenvalue weighted by atomic mass is 79.9. The summed E-state index contributed by atoms with van der Waals surface area (Å²) in [4.78, 5) is 18.3. The largest absolute Gasteiger partial charge is 0.489 e. The van der Waals surface area contributed by atoms with Gasteiger partial charge in [-0.1, -0.05) is 63.3 Å². The molecule has 178 valence electrons. The molecule has 0 bridgehead atoms. The number of hydrogen-bond acceptors (Lipinski definition) is 4. The monoisotopic (exact) mass is 593 g/mol. The first-order chi connectivity index (χ1) is 17.1. The molecule has 7 heteroatoms. The van der Waals surface area contributed by atoms with E-state index in [1.165, 1.54) is 11.1 Å². The summed E-state index contributed by atoms with van der Waals surface area (Å²) in [6.07, 6.45) is 7.34. The van der Waals surface area contributed by atoms with Crippen LogP contribution in [0.3, 0.4) is 0 Å². The zero-order valence-corrected chi connectivity index (χ0v) is 22.3. The van der Waals surface area contributed by atoms with Crippen molar-refractivity contribution in [2.45, 2.75) is 44.6 Å². The Hall–Kier alpha value is -2.77. The fourth-order valence-corrected chi connectivity index (χ4v) is 5.05. The highest BCUT2D eigenvalue weighted by Crippen LogP contribution is 2.32. The van der Waals surface area contributed by atoms with Crippen molar-refractivity contribution in [3.8, 4) is 5.75 Å². The van der Waals surface area contributed by atoms with E-state index in [1.54, 1.807) is 6.21 Å². The molecular weight excluding hydrogens is 570 g/mol. The Labute approximate surface area is 221 Å². The van der Waals surface area contributed by atoms with Gasteiger partial charge >= 0.3 is 0 Å². The van der Waals surface area contributed by atoms with E-state index in [2.05, 4.69) is 37.0 Å². The molecule has 1 aliphatic rings. The first-order valence-corrected chi connectivity index (χ1v) is 13.4. The molecule has 0 spiro atoms. The van der Waals surface area contributed by atoms with Crippen LogP contribution >= 0.6 is 31.9 Å². The third kappa shape index (κ3) is 5.73. The van der Waals surface area contributed by atoms with E-state index in [9.17, 15) is 4.79 Å². The van der Waals surface area contributed by atoms with E-state index in [0.717, 1.165) is 62.8 Å². The molecule has 1 aromatic heterocycles. The third-order valence-electron chi connectivity index (χ3n) is 6.32. The maximum atomic E-state index is 13.4. The van der Waals surface area contributed by atoms with Crippen LogP contribution < -0.4 is 10.3 Å². The first-order valence-electron chi connectivity index (χ1n) is 11.8. The minimum absolute atomic E-state index is 0.137. The summed E-state index contributed by atoms with van der Waals surface area (Å²) in [7, 11) is 0. The topological polar surface area (TPSA) is 56.5 Å². The Morgan fingerprint density at radius 3 is 2.40 bits per heavy atom. The van der Waals surface area contributed by atoms with Gasteiger partial charge in [-0.3, -0.25) is 4.79 Å². The van der Waals surface area contributed by atoms with Crippen molar-refractivity contribution in [1.82, 2.24) is 9.66 Å². The minimum atomic E-state index is -0.137. The Bertz CT molecular complexity index is 1410. The van der Waals surface area contributed by atoms with Crippen LogP contribution in [0.25, 0.3) is 10.9 Å². The molecule has 0 aliphatic heterocycles. The predicted octanol–water partition coefficient (Wildman–Crippen LogP) is 7.43. The maximum Gasteiger partial charge on any atom is 0.282 e. The van der Waals surface area contributed by atoms with Crippen molar-refractivity contribution < 1.29 is 4.74 Å². The lowest BCUT2D eigenvalue weighted by Crippen LogP contribution is -2.25. The molecular formula is C28H25Br2N3O2. The van der Waals surface area contributed by atoms with E-state index in [-0.39, 0.29) is 11.5 Å². The molecule has 0 N–H and O–H groups in total. The number of rotatable bonds is 6. The fourth-order valence-electron chi connectivity index (χ4n) is 4.42. The molecule has 5 nitrogen and oxygen atoms in total. The zero-order valence-electron chi connectivity index (χ0n) is 19.2. The van der Waals surface area contributed by atoms with Crippen LogP contribution in [0.2, 0.25) is 0 Å². The van der Waals surface area contributed by atoms with Gasteiger partial charge < -0.3 is 4.74 Å². The Morgan fingerprint density at radius 2 is 1.66 bits per heavy atom. The molecule has 4 aromatic rings. The van der Waals surface area contributed by atoms with Gasteiger partial charge in [0.25, 0.3) is 5.56 Å². The van der Waals surface area contributed by atoms with Gasteiger partial charge in [0.1, 0.15) is 18.2 Å². The van der Waals surface area contributed by atoms with Crippen molar-refractivity contribution in [2.24, 2.45) is 5.10 Å². The lowest BCUT2D eigenvalue weighted by Gasteiger charge is -2.22. The summed E-state index contributed by atoms with van der Waals surface area (Å²) < 4.78 is 9.30. The van der Waals surface area contributed by atoms with E-state index in [0.29, 0.717) is 12.0 Å². The molecule has 1 fully saturated rings. The molecule has 0 amide bonds. The van der Waals surface area contributed by atoms with Crippen molar-refractivity contribution in [3.05, 3.63) is 103 Å². The van der Waals surface area contributed by atoms with Crippen molar-refractivity contribution in [3.63, 3.8) is 0 Å². The SMILES string of the molecule is O=c1c2cc(Br)ccc2nc(C2CCCCC2)n1N=Cc1ccc(OCc2ccc(Br)cc2)cc1. The number of fused-ring (bicyclic) bond motifs is 1. The molecule has 3 aromatic carbocycles. The summed E-state index contributed by atoms with van der Waals surface area (Å²) in [5.74, 6) is 1.79. The van der Waals surface area contributed by atoms with Crippen molar-refractivity contribution in [1.29, 1.82) is 0 Å². The molecule has 1 heterocycles. The summed E-state index contributed by atoms with van der Waals surface area (Å²) in [6.45, 7) is 0.499. The van der Waals surface area contributed by atoms with Gasteiger partial charge in [-0.15, -0.1) is 0 Å². The van der Waals surface area contributed by atoms with Gasteiger partial charge in [-0.2, -0.15) is 9.78 Å². The molecule has 0 atom stereocenters. The van der Waals surface area contributed by atoms with E-state index in [4.69, 9.17) is 9.72 Å². The van der Waals surface area contributed by atoms with Crippen LogP contribution in [0.15, 0.2) is 85.6 Å². The fraction of sp³-hybridized carbons (Fsp3) is 0.250. The van der Waals surface area contributed by atoms with Crippen LogP contribution in [-0.2, 0) is 6.61 Å². The Kier molecular flexibility index (Phi) is 7.44. The highest BCUT2D eigenvalue weighted by Gasteiger charge is 2.22. The second kappa shape index (κ2) is 10.9. The quantitative estimate of drug-likeness (QED) is 0.218. The van der Waals surface area contributed by atoms with E-state index in [1.807, 2.05) is 66.7 Å². The second-order valence-electron chi connectivity index (χ2n) is 8.81. The molecule has 5 rings (SSSR count). The van der Waals surface area contributed by atoms with Gasteiger partial charge in [0, 0.05) is 14.9 Å². The normalized spacial score (nSPS) is 14.6. The number of halogens is 2. The number of benzene rings is 3. The number of ether oxygens (including phenoxy) is 1. The smallest absolute Gasteiger partial charge is 0.282 e. The number of aromatic nitrogens is 2. The second-order valence-corrected chi connectivity index (χ2v) is 10.6. The standard InChI is InChI=1S/C28H25Br2N3O2/c29-22-10-6-20(7-11-22)18-35-24-13-8-19(9-14-24)17-31-33-27(21-4-2-1-3-5-21)32-26-15-12-23(30)16-25(26)28(33)34/h6-17,21H,1-5,18H2. The van der Waals surface area contributed by atoms with E-state index >= 15 is 0 Å². The lowest BCUT2D eigenvalue weighted by molar-refractivity contribution is 0.306. The summed E-state index contributed by atoms with van der Waals surface area (Å²) in [6, 6.07) is 21.4. The Morgan fingerprint density at radius 1 is 0.943 bits per heavy atom. The summed E-state index contributed by atoms with van der Waals surface area (Å²) in [5, 5.41) is 5.18. The van der Waals surface area contributed by atoms with Crippen molar-refractivity contribution in [2.75, 3.05) is 0 Å². The molecule has 1 aliphatic carbocycles. The van der Waals surface area contributed by atoms with Gasteiger partial charge in [0.2, 0.25) is 0 Å². The van der Waals surface area contributed by atoms with Gasteiger partial charge in [-0.25, -0.2) is 4.98 Å². The Balaban J connectivity index is 1.40.